The number of nitrogens with one attached hydrogen (secondary N) is 1. The molecular weight excluding hydrogens is 369 g/mol. The normalized spacial score (nSPS) is 12.9. The lowest BCUT2D eigenvalue weighted by atomic mass is 10.1. The molecule has 0 fully saturated rings. The molecule has 0 bridgehead atoms. The smallest absolute Gasteiger partial charge is 0.244 e. The monoisotopic (exact) mass is 395 g/mol. The minimum Gasteiger partial charge on any atom is -0.495 e. The third kappa shape index (κ3) is 5.18. The van der Waals surface area contributed by atoms with Gasteiger partial charge in [-0.1, -0.05) is 12.1 Å². The first-order valence-electron chi connectivity index (χ1n) is 8.42. The molecule has 1 atom stereocenters. The molecule has 8 heteroatoms. The van der Waals surface area contributed by atoms with Crippen molar-refractivity contribution in [3.05, 3.63) is 53.8 Å². The summed E-state index contributed by atoms with van der Waals surface area (Å²) in [5.41, 5.74) is 2.03. The Balaban J connectivity index is 2.24. The van der Waals surface area contributed by atoms with Crippen LogP contribution in [-0.2, 0) is 10.0 Å². The highest BCUT2D eigenvalue weighted by Gasteiger charge is 2.23. The van der Waals surface area contributed by atoms with Crippen molar-refractivity contribution < 1.29 is 17.5 Å². The zero-order valence-corrected chi connectivity index (χ0v) is 17.0. The molecule has 0 saturated heterocycles. The molecule has 0 aliphatic carbocycles. The number of methoxy groups -OCH3 is 1. The molecule has 0 amide bonds. The van der Waals surface area contributed by atoms with Gasteiger partial charge in [0.1, 0.15) is 16.5 Å². The first-order chi connectivity index (χ1) is 12.7. The van der Waals surface area contributed by atoms with Crippen LogP contribution in [0.25, 0.3) is 0 Å². The van der Waals surface area contributed by atoms with Crippen LogP contribution in [0.1, 0.15) is 11.6 Å². The van der Waals surface area contributed by atoms with Crippen molar-refractivity contribution in [3.8, 4) is 5.75 Å². The molecule has 0 aromatic heterocycles. The molecule has 0 radical (unpaired) electrons. The molecule has 2 aromatic rings. The highest BCUT2D eigenvalue weighted by Crippen LogP contribution is 2.26. The second-order valence-corrected chi connectivity index (χ2v) is 8.35. The van der Waals surface area contributed by atoms with Crippen LogP contribution in [0.3, 0.4) is 0 Å². The highest BCUT2D eigenvalue weighted by atomic mass is 32.2. The summed E-state index contributed by atoms with van der Waals surface area (Å²) < 4.78 is 46.5. The summed E-state index contributed by atoms with van der Waals surface area (Å²) in [5.74, 6) is -0.541. The van der Waals surface area contributed by atoms with Gasteiger partial charge in [0.05, 0.1) is 7.11 Å². The van der Waals surface area contributed by atoms with Gasteiger partial charge in [-0.15, -0.1) is 0 Å². The van der Waals surface area contributed by atoms with Crippen molar-refractivity contribution in [2.75, 3.05) is 46.7 Å². The number of hydrogen-bond acceptors (Lipinski definition) is 5. The van der Waals surface area contributed by atoms with Gasteiger partial charge < -0.3 is 14.5 Å². The third-order valence-corrected chi connectivity index (χ3v) is 5.74. The Labute approximate surface area is 160 Å². The number of rotatable bonds is 8. The Morgan fingerprint density at radius 3 is 2.22 bits per heavy atom. The summed E-state index contributed by atoms with van der Waals surface area (Å²) in [7, 11) is 5.08. The molecule has 1 N–H and O–H groups in total. The third-order valence-electron chi connectivity index (χ3n) is 4.30. The van der Waals surface area contributed by atoms with Gasteiger partial charge in [0.25, 0.3) is 0 Å². The van der Waals surface area contributed by atoms with Crippen molar-refractivity contribution in [1.29, 1.82) is 0 Å². The van der Waals surface area contributed by atoms with Crippen LogP contribution >= 0.6 is 0 Å². The summed E-state index contributed by atoms with van der Waals surface area (Å²) in [5, 5.41) is 0. The van der Waals surface area contributed by atoms with E-state index in [4.69, 9.17) is 4.74 Å². The fraction of sp³-hybridized carbons (Fsp3) is 0.368. The molecule has 0 spiro atoms. The number of halogens is 1. The Morgan fingerprint density at radius 2 is 1.70 bits per heavy atom. The van der Waals surface area contributed by atoms with Gasteiger partial charge >= 0.3 is 0 Å². The molecule has 0 aliphatic heterocycles. The Morgan fingerprint density at radius 1 is 1.07 bits per heavy atom. The van der Waals surface area contributed by atoms with Crippen molar-refractivity contribution >= 4 is 15.7 Å². The van der Waals surface area contributed by atoms with Gasteiger partial charge in [-0.25, -0.2) is 17.5 Å². The van der Waals surface area contributed by atoms with E-state index in [0.717, 1.165) is 23.4 Å². The zero-order valence-electron chi connectivity index (χ0n) is 16.2. The molecule has 148 valence electrons. The lowest BCUT2D eigenvalue weighted by molar-refractivity contribution is 0.299. The van der Waals surface area contributed by atoms with Gasteiger partial charge in [0, 0.05) is 32.4 Å². The first-order valence-corrected chi connectivity index (χ1v) is 9.91. The van der Waals surface area contributed by atoms with Crippen molar-refractivity contribution in [1.82, 2.24) is 9.62 Å². The molecular formula is C19H26FN3O3S. The number of likely N-dealkylation sites (N-methyl/N-ethyl adjacent to an activating group) is 1. The standard InChI is InChI=1S/C19H26FN3O3S/c1-22(2)16-9-6-14(7-10-16)17(23(3)4)13-21-27(24,25)19-12-15(20)8-11-18(19)26-5/h6-12,17,21H,13H2,1-5H3/t17-/m0/s1. The van der Waals surface area contributed by atoms with E-state index in [1.807, 2.05) is 62.3 Å². The molecule has 6 nitrogen and oxygen atoms in total. The van der Waals surface area contributed by atoms with Crippen LogP contribution in [0, 0.1) is 5.82 Å². The van der Waals surface area contributed by atoms with Crippen LogP contribution in [0.15, 0.2) is 47.4 Å². The number of benzene rings is 2. The minimum atomic E-state index is -3.93. The molecule has 2 aromatic carbocycles. The van der Waals surface area contributed by atoms with Crippen LogP contribution < -0.4 is 14.4 Å². The predicted octanol–water partition coefficient (Wildman–Crippen LogP) is 2.48. The highest BCUT2D eigenvalue weighted by molar-refractivity contribution is 7.89. The maximum absolute atomic E-state index is 13.5. The SMILES string of the molecule is COc1ccc(F)cc1S(=O)(=O)NC[C@@H](c1ccc(N(C)C)cc1)N(C)C. The van der Waals surface area contributed by atoms with E-state index in [1.165, 1.54) is 13.2 Å². The number of ether oxygens (including phenoxy) is 1. The number of sulfonamides is 1. The molecule has 0 heterocycles. The maximum atomic E-state index is 13.5. The quantitative estimate of drug-likeness (QED) is 0.744. The largest absolute Gasteiger partial charge is 0.495 e. The van der Waals surface area contributed by atoms with Crippen molar-refractivity contribution in [2.24, 2.45) is 0 Å². The predicted molar refractivity (Wildman–Crippen MR) is 105 cm³/mol. The van der Waals surface area contributed by atoms with E-state index in [1.54, 1.807) is 0 Å². The summed E-state index contributed by atoms with van der Waals surface area (Å²) in [6.45, 7) is 0.135. The van der Waals surface area contributed by atoms with E-state index in [2.05, 4.69) is 4.72 Å². The lowest BCUT2D eigenvalue weighted by Crippen LogP contribution is -2.34. The number of hydrogen-bond donors (Lipinski definition) is 1. The van der Waals surface area contributed by atoms with E-state index in [0.29, 0.717) is 0 Å². The molecule has 0 unspecified atom stereocenters. The molecule has 0 saturated carbocycles. The van der Waals surface area contributed by atoms with E-state index >= 15 is 0 Å². The van der Waals surface area contributed by atoms with Gasteiger partial charge in [0.15, 0.2) is 0 Å². The average molecular weight is 396 g/mol. The minimum absolute atomic E-state index is 0.0978. The van der Waals surface area contributed by atoms with Gasteiger partial charge in [-0.05, 0) is 50.0 Å². The summed E-state index contributed by atoms with van der Waals surface area (Å²) in [6.07, 6.45) is 0. The van der Waals surface area contributed by atoms with Crippen LogP contribution in [0.2, 0.25) is 0 Å². The fourth-order valence-electron chi connectivity index (χ4n) is 2.72. The van der Waals surface area contributed by atoms with Crippen LogP contribution in [0.5, 0.6) is 5.75 Å². The summed E-state index contributed by atoms with van der Waals surface area (Å²) in [4.78, 5) is 3.70. The first kappa shape index (κ1) is 21.1. The number of anilines is 1. The van der Waals surface area contributed by atoms with E-state index < -0.39 is 15.8 Å². The second kappa shape index (κ2) is 8.69. The number of nitrogens with zero attached hydrogens (tertiary/aromatic N) is 2. The maximum Gasteiger partial charge on any atom is 0.244 e. The van der Waals surface area contributed by atoms with Gasteiger partial charge in [-0.2, -0.15) is 0 Å². The Kier molecular flexibility index (Phi) is 6.80. The van der Waals surface area contributed by atoms with Gasteiger partial charge in [0.2, 0.25) is 10.0 Å². The van der Waals surface area contributed by atoms with Crippen LogP contribution in [-0.4, -0.2) is 55.2 Å². The van der Waals surface area contributed by atoms with E-state index in [-0.39, 0.29) is 23.2 Å². The van der Waals surface area contributed by atoms with Crippen molar-refractivity contribution in [2.45, 2.75) is 10.9 Å². The van der Waals surface area contributed by atoms with Gasteiger partial charge in [-0.3, -0.25) is 0 Å². The summed E-state index contributed by atoms with van der Waals surface area (Å²) >= 11 is 0. The fourth-order valence-corrected chi connectivity index (χ4v) is 3.94. The second-order valence-electron chi connectivity index (χ2n) is 6.61. The van der Waals surface area contributed by atoms with E-state index in [9.17, 15) is 12.8 Å². The molecule has 0 aliphatic rings. The van der Waals surface area contributed by atoms with Crippen molar-refractivity contribution in [3.63, 3.8) is 0 Å². The molecule has 27 heavy (non-hydrogen) atoms. The summed E-state index contributed by atoms with van der Waals surface area (Å²) in [6, 6.07) is 11.1. The Bertz CT molecular complexity index is 868. The van der Waals surface area contributed by atoms with Crippen LogP contribution in [0.4, 0.5) is 10.1 Å². The molecule has 2 rings (SSSR count). The lowest BCUT2D eigenvalue weighted by Gasteiger charge is -2.26. The zero-order chi connectivity index (χ0) is 20.2. The Hall–Kier alpha value is -2.16. The average Bonchev–Trinajstić information content (AvgIpc) is 2.62. The topological polar surface area (TPSA) is 61.9 Å².